The van der Waals surface area contributed by atoms with Gasteiger partial charge in [-0.2, -0.15) is 26.3 Å². The Morgan fingerprint density at radius 1 is 0.886 bits per heavy atom. The number of rotatable bonds is 6. The first-order valence-corrected chi connectivity index (χ1v) is 10.8. The summed E-state index contributed by atoms with van der Waals surface area (Å²) >= 11 is 0. The molecule has 1 unspecified atom stereocenters. The van der Waals surface area contributed by atoms with Crippen molar-refractivity contribution >= 4 is 5.97 Å². The van der Waals surface area contributed by atoms with Crippen molar-refractivity contribution in [1.29, 1.82) is 0 Å². The lowest BCUT2D eigenvalue weighted by atomic mass is 9.88. The number of alkyl halides is 6. The van der Waals surface area contributed by atoms with E-state index in [-0.39, 0.29) is 40.4 Å². The third kappa shape index (κ3) is 6.21. The highest BCUT2D eigenvalue weighted by atomic mass is 19.4. The second kappa shape index (κ2) is 9.71. The van der Waals surface area contributed by atoms with Gasteiger partial charge < -0.3 is 5.11 Å². The number of nitrogens with zero attached hydrogens (tertiary/aromatic N) is 1. The van der Waals surface area contributed by atoms with E-state index in [1.165, 1.54) is 31.2 Å². The first-order chi connectivity index (χ1) is 16.2. The second-order valence-electron chi connectivity index (χ2n) is 8.81. The van der Waals surface area contributed by atoms with E-state index in [1.807, 2.05) is 13.8 Å². The van der Waals surface area contributed by atoms with Gasteiger partial charge in [-0.1, -0.05) is 43.7 Å². The number of carbonyl (C=O) groups is 1. The van der Waals surface area contributed by atoms with Gasteiger partial charge in [0.1, 0.15) is 0 Å². The van der Waals surface area contributed by atoms with Crippen LogP contribution in [-0.4, -0.2) is 16.1 Å². The van der Waals surface area contributed by atoms with Gasteiger partial charge in [-0.25, -0.2) is 4.98 Å². The van der Waals surface area contributed by atoms with E-state index >= 15 is 0 Å². The van der Waals surface area contributed by atoms with E-state index in [0.717, 1.165) is 30.3 Å². The second-order valence-corrected chi connectivity index (χ2v) is 8.81. The first-order valence-electron chi connectivity index (χ1n) is 10.8. The molecule has 0 amide bonds. The molecule has 0 radical (unpaired) electrons. The average Bonchev–Trinajstić information content (AvgIpc) is 2.75. The molecule has 3 nitrogen and oxygen atoms in total. The average molecular weight is 495 g/mol. The summed E-state index contributed by atoms with van der Waals surface area (Å²) in [5, 5.41) is 9.82. The highest BCUT2D eigenvalue weighted by Gasteiger charge is 2.35. The molecule has 0 aliphatic carbocycles. The number of benzene rings is 2. The molecule has 1 N–H and O–H groups in total. The summed E-state index contributed by atoms with van der Waals surface area (Å²) in [4.78, 5) is 16.3. The van der Waals surface area contributed by atoms with Crippen LogP contribution in [0, 0.1) is 12.8 Å². The van der Waals surface area contributed by atoms with Gasteiger partial charge >= 0.3 is 18.3 Å². The van der Waals surface area contributed by atoms with Gasteiger partial charge in [-0.15, -0.1) is 0 Å². The predicted molar refractivity (Wildman–Crippen MR) is 120 cm³/mol. The summed E-state index contributed by atoms with van der Waals surface area (Å²) < 4.78 is 80.4. The zero-order valence-corrected chi connectivity index (χ0v) is 19.1. The van der Waals surface area contributed by atoms with Gasteiger partial charge in [-0.05, 0) is 55.2 Å². The van der Waals surface area contributed by atoms with Crippen molar-refractivity contribution in [3.05, 3.63) is 76.9 Å². The number of aryl methyl sites for hydroxylation is 1. The fourth-order valence-electron chi connectivity index (χ4n) is 3.84. The quantitative estimate of drug-likeness (QED) is 0.353. The topological polar surface area (TPSA) is 50.2 Å². The molecule has 0 spiro atoms. The van der Waals surface area contributed by atoms with E-state index < -0.39 is 35.4 Å². The van der Waals surface area contributed by atoms with Crippen LogP contribution < -0.4 is 0 Å². The van der Waals surface area contributed by atoms with Gasteiger partial charge in [-0.3, -0.25) is 4.79 Å². The molecule has 3 rings (SSSR count). The van der Waals surface area contributed by atoms with Crippen LogP contribution in [-0.2, 0) is 17.1 Å². The molecule has 3 aromatic rings. The van der Waals surface area contributed by atoms with Gasteiger partial charge in [0.25, 0.3) is 0 Å². The lowest BCUT2D eigenvalue weighted by Gasteiger charge is -2.19. The third-order valence-corrected chi connectivity index (χ3v) is 5.52. The van der Waals surface area contributed by atoms with E-state index in [1.54, 1.807) is 0 Å². The minimum absolute atomic E-state index is 0.0349. The molecule has 0 saturated heterocycles. The number of hydrogen-bond donors (Lipinski definition) is 1. The minimum Gasteiger partial charge on any atom is -0.481 e. The Bertz CT molecular complexity index is 1210. The summed E-state index contributed by atoms with van der Waals surface area (Å²) in [6, 6.07) is 10.5. The molecule has 1 heterocycles. The zero-order chi connectivity index (χ0) is 26.1. The number of aliphatic carboxylic acids is 1. The molecule has 0 fully saturated rings. The smallest absolute Gasteiger partial charge is 0.417 e. The lowest BCUT2D eigenvalue weighted by molar-refractivity contribution is -0.139. The van der Waals surface area contributed by atoms with Crippen molar-refractivity contribution in [3.63, 3.8) is 0 Å². The molecule has 9 heteroatoms. The number of aromatic nitrogens is 1. The van der Waals surface area contributed by atoms with Crippen molar-refractivity contribution in [2.24, 2.45) is 5.92 Å². The monoisotopic (exact) mass is 495 g/mol. The lowest BCUT2D eigenvalue weighted by Crippen LogP contribution is -2.15. The maximum absolute atomic E-state index is 13.8. The largest absolute Gasteiger partial charge is 0.481 e. The molecule has 0 aliphatic heterocycles. The number of halogens is 6. The van der Waals surface area contributed by atoms with Crippen molar-refractivity contribution in [3.8, 4) is 22.5 Å². The van der Waals surface area contributed by atoms with Crippen LogP contribution in [0.1, 0.15) is 48.4 Å². The van der Waals surface area contributed by atoms with E-state index in [9.17, 15) is 36.2 Å². The number of pyridine rings is 1. The Morgan fingerprint density at radius 3 is 2.00 bits per heavy atom. The summed E-state index contributed by atoms with van der Waals surface area (Å²) in [5.74, 6) is -2.23. The minimum atomic E-state index is -4.70. The summed E-state index contributed by atoms with van der Waals surface area (Å²) in [6.45, 7) is 5.15. The van der Waals surface area contributed by atoms with Crippen molar-refractivity contribution in [2.75, 3.05) is 0 Å². The summed E-state index contributed by atoms with van der Waals surface area (Å²) in [5.41, 5.74) is -1.28. The van der Waals surface area contributed by atoms with Crippen LogP contribution in [0.5, 0.6) is 0 Å². The van der Waals surface area contributed by atoms with Crippen LogP contribution in [0.2, 0.25) is 0 Å². The van der Waals surface area contributed by atoms with E-state index in [4.69, 9.17) is 0 Å². The van der Waals surface area contributed by atoms with Crippen molar-refractivity contribution in [1.82, 2.24) is 4.98 Å². The van der Waals surface area contributed by atoms with Crippen LogP contribution in [0.4, 0.5) is 26.3 Å². The molecule has 35 heavy (non-hydrogen) atoms. The Hall–Kier alpha value is -3.36. The Kier molecular flexibility index (Phi) is 7.29. The fraction of sp³-hybridized carbons (Fsp3) is 0.308. The van der Waals surface area contributed by atoms with Crippen molar-refractivity contribution in [2.45, 2.75) is 45.5 Å². The standard InChI is InChI=1S/C26H23F6NO2/c1-14(2)10-20(24(34)35)17-12-22(16-5-7-18(8-6-16)25(27,28)29)33-23(13-17)19-9-4-15(3)11-21(19)26(30,31)32/h4-9,11-14,20H,10H2,1-3H3,(H,34,35). The summed E-state index contributed by atoms with van der Waals surface area (Å²) in [6.07, 6.45) is -9.04. The predicted octanol–water partition coefficient (Wildman–Crippen LogP) is 7.98. The maximum Gasteiger partial charge on any atom is 0.417 e. The number of carboxylic acids is 1. The van der Waals surface area contributed by atoms with E-state index in [2.05, 4.69) is 4.98 Å². The van der Waals surface area contributed by atoms with Gasteiger partial charge in [0.2, 0.25) is 0 Å². The fourth-order valence-corrected chi connectivity index (χ4v) is 3.84. The molecule has 0 bridgehead atoms. The van der Waals surface area contributed by atoms with E-state index in [0.29, 0.717) is 5.56 Å². The molecule has 1 aromatic heterocycles. The highest BCUT2D eigenvalue weighted by molar-refractivity contribution is 5.79. The van der Waals surface area contributed by atoms with Gasteiger partial charge in [0.05, 0.1) is 28.4 Å². The van der Waals surface area contributed by atoms with Crippen LogP contribution in [0.3, 0.4) is 0 Å². The Morgan fingerprint density at radius 2 is 1.49 bits per heavy atom. The molecule has 0 saturated carbocycles. The Balaban J connectivity index is 2.27. The molecule has 2 aromatic carbocycles. The van der Waals surface area contributed by atoms with Gasteiger partial charge in [0.15, 0.2) is 0 Å². The normalized spacial score (nSPS) is 13.2. The first kappa shape index (κ1) is 26.2. The Labute approximate surface area is 198 Å². The highest BCUT2D eigenvalue weighted by Crippen LogP contribution is 2.39. The van der Waals surface area contributed by atoms with Crippen LogP contribution in [0.25, 0.3) is 22.5 Å². The molecular weight excluding hydrogens is 472 g/mol. The summed E-state index contributed by atoms with van der Waals surface area (Å²) in [7, 11) is 0. The molecule has 1 atom stereocenters. The third-order valence-electron chi connectivity index (χ3n) is 5.52. The molecular formula is C26H23F6NO2. The maximum atomic E-state index is 13.8. The molecule has 0 aliphatic rings. The van der Waals surface area contributed by atoms with Crippen LogP contribution in [0.15, 0.2) is 54.6 Å². The van der Waals surface area contributed by atoms with Crippen molar-refractivity contribution < 1.29 is 36.2 Å². The van der Waals surface area contributed by atoms with Gasteiger partial charge in [0, 0.05) is 11.1 Å². The molecule has 186 valence electrons. The number of hydrogen-bond acceptors (Lipinski definition) is 2. The zero-order valence-electron chi connectivity index (χ0n) is 19.1. The SMILES string of the molecule is Cc1ccc(-c2cc(C(CC(C)C)C(=O)O)cc(-c3ccc(C(F)(F)F)cc3)n2)c(C(F)(F)F)c1. The number of carboxylic acid groups (broad SMARTS) is 1. The van der Waals surface area contributed by atoms with Crippen LogP contribution >= 0.6 is 0 Å².